The van der Waals surface area contributed by atoms with E-state index >= 15 is 0 Å². The Balaban J connectivity index is 2.24. The van der Waals surface area contributed by atoms with E-state index in [0.29, 0.717) is 11.9 Å². The molecule has 1 aromatic carbocycles. The lowest BCUT2D eigenvalue weighted by Gasteiger charge is -2.07. The van der Waals surface area contributed by atoms with Gasteiger partial charge in [0, 0.05) is 10.2 Å². The normalized spacial score (nSPS) is 10.6. The van der Waals surface area contributed by atoms with Crippen LogP contribution < -0.4 is 11.1 Å². The molecule has 5 nitrogen and oxygen atoms in total. The van der Waals surface area contributed by atoms with Crippen molar-refractivity contribution in [1.82, 2.24) is 10.2 Å². The Bertz CT molecular complexity index is 515. The van der Waals surface area contributed by atoms with Crippen LogP contribution in [0.2, 0.25) is 0 Å². The molecule has 0 spiro atoms. The van der Waals surface area contributed by atoms with E-state index in [1.54, 1.807) is 0 Å². The molecule has 3 N–H and O–H groups in total. The van der Waals surface area contributed by atoms with Crippen molar-refractivity contribution in [2.75, 3.05) is 5.32 Å². The predicted molar refractivity (Wildman–Crippen MR) is 69.1 cm³/mol. The van der Waals surface area contributed by atoms with Crippen LogP contribution in [0.15, 0.2) is 21.0 Å². The molecule has 1 heterocycles. The van der Waals surface area contributed by atoms with Gasteiger partial charge in [-0.3, -0.25) is 0 Å². The lowest BCUT2D eigenvalue weighted by Crippen LogP contribution is -1.95. The molecular weight excluding hydrogens is 284 g/mol. The van der Waals surface area contributed by atoms with E-state index in [1.807, 2.05) is 26.0 Å². The number of hydrogen-bond donors (Lipinski definition) is 2. The van der Waals surface area contributed by atoms with Gasteiger partial charge in [0.15, 0.2) is 0 Å². The molecule has 0 aliphatic heterocycles. The minimum atomic E-state index is 0.243. The highest BCUT2D eigenvalue weighted by Gasteiger charge is 2.07. The van der Waals surface area contributed by atoms with E-state index in [9.17, 15) is 0 Å². The average Bonchev–Trinajstić information content (AvgIpc) is 2.73. The summed E-state index contributed by atoms with van der Waals surface area (Å²) in [7, 11) is 0. The van der Waals surface area contributed by atoms with Crippen LogP contribution in [-0.4, -0.2) is 10.2 Å². The summed E-state index contributed by atoms with van der Waals surface area (Å²) in [5, 5.41) is 10.7. The fourth-order valence-corrected chi connectivity index (χ4v) is 1.76. The number of anilines is 2. The molecule has 2 aromatic rings. The molecule has 0 unspecified atom stereocenters. The molecule has 17 heavy (non-hydrogen) atoms. The lowest BCUT2D eigenvalue weighted by atomic mass is 10.1. The predicted octanol–water partition coefficient (Wildman–Crippen LogP) is 2.65. The SMILES string of the molecule is Cc1cc(Nc2nnc(CN)o2)cc(C)c1Br. The molecule has 0 amide bonds. The number of rotatable bonds is 3. The van der Waals surface area contributed by atoms with Crippen molar-refractivity contribution in [3.63, 3.8) is 0 Å². The summed E-state index contributed by atoms with van der Waals surface area (Å²) in [6.45, 7) is 4.30. The second-order valence-corrected chi connectivity index (χ2v) is 4.55. The molecule has 0 saturated carbocycles. The molecule has 0 saturated heterocycles. The van der Waals surface area contributed by atoms with Gasteiger partial charge in [-0.1, -0.05) is 21.0 Å². The van der Waals surface area contributed by atoms with E-state index < -0.39 is 0 Å². The molecule has 1 aromatic heterocycles. The number of nitrogens with one attached hydrogen (secondary N) is 1. The highest BCUT2D eigenvalue weighted by atomic mass is 79.9. The highest BCUT2D eigenvalue weighted by molar-refractivity contribution is 9.10. The number of nitrogens with zero attached hydrogens (tertiary/aromatic N) is 2. The minimum Gasteiger partial charge on any atom is -0.406 e. The number of nitrogens with two attached hydrogens (primary N) is 1. The summed E-state index contributed by atoms with van der Waals surface area (Å²) >= 11 is 3.52. The molecule has 0 radical (unpaired) electrons. The summed E-state index contributed by atoms with van der Waals surface area (Å²) in [6.07, 6.45) is 0. The highest BCUT2D eigenvalue weighted by Crippen LogP contribution is 2.26. The van der Waals surface area contributed by atoms with Crippen molar-refractivity contribution in [2.24, 2.45) is 5.73 Å². The number of benzene rings is 1. The molecule has 0 aliphatic rings. The summed E-state index contributed by atoms with van der Waals surface area (Å²) < 4.78 is 6.38. The maximum Gasteiger partial charge on any atom is 0.320 e. The molecule has 0 aliphatic carbocycles. The van der Waals surface area contributed by atoms with Crippen LogP contribution in [-0.2, 0) is 6.54 Å². The molecule has 0 bridgehead atoms. The third kappa shape index (κ3) is 2.65. The van der Waals surface area contributed by atoms with Crippen LogP contribution in [0.3, 0.4) is 0 Å². The average molecular weight is 297 g/mol. The number of aryl methyl sites for hydroxylation is 2. The third-order valence-electron chi connectivity index (χ3n) is 2.33. The maximum atomic E-state index is 5.39. The fraction of sp³-hybridized carbons (Fsp3) is 0.273. The zero-order chi connectivity index (χ0) is 12.4. The van der Waals surface area contributed by atoms with Gasteiger partial charge in [-0.15, -0.1) is 5.10 Å². The molecule has 2 rings (SSSR count). The summed E-state index contributed by atoms with van der Waals surface area (Å²) in [4.78, 5) is 0. The van der Waals surface area contributed by atoms with Crippen molar-refractivity contribution in [3.8, 4) is 0 Å². The van der Waals surface area contributed by atoms with Gasteiger partial charge in [-0.2, -0.15) is 0 Å². The monoisotopic (exact) mass is 296 g/mol. The van der Waals surface area contributed by atoms with Gasteiger partial charge in [0.05, 0.1) is 6.54 Å². The molecular formula is C11H13BrN4O. The van der Waals surface area contributed by atoms with Gasteiger partial charge in [0.2, 0.25) is 5.89 Å². The third-order valence-corrected chi connectivity index (χ3v) is 3.58. The van der Waals surface area contributed by atoms with Crippen LogP contribution in [0.4, 0.5) is 11.7 Å². The molecule has 90 valence electrons. The van der Waals surface area contributed by atoms with Gasteiger partial charge < -0.3 is 15.5 Å². The van der Waals surface area contributed by atoms with Crippen molar-refractivity contribution in [2.45, 2.75) is 20.4 Å². The first-order valence-corrected chi connectivity index (χ1v) is 5.95. The first-order chi connectivity index (χ1) is 8.10. The Kier molecular flexibility index (Phi) is 3.44. The van der Waals surface area contributed by atoms with Crippen LogP contribution in [0.5, 0.6) is 0 Å². The van der Waals surface area contributed by atoms with E-state index in [1.165, 1.54) is 0 Å². The van der Waals surface area contributed by atoms with Crippen LogP contribution >= 0.6 is 15.9 Å². The standard InChI is InChI=1S/C11H13BrN4O/c1-6-3-8(4-7(2)10(6)12)14-11-16-15-9(5-13)17-11/h3-4H,5,13H2,1-2H3,(H,14,16). The Morgan fingerprint density at radius 2 is 1.94 bits per heavy atom. The molecule has 0 atom stereocenters. The zero-order valence-electron chi connectivity index (χ0n) is 9.62. The number of halogens is 1. The van der Waals surface area contributed by atoms with E-state index in [0.717, 1.165) is 21.3 Å². The Hall–Kier alpha value is -1.40. The molecule has 6 heteroatoms. The van der Waals surface area contributed by atoms with Gasteiger partial charge in [-0.25, -0.2) is 0 Å². The van der Waals surface area contributed by atoms with E-state index in [-0.39, 0.29) is 6.54 Å². The van der Waals surface area contributed by atoms with E-state index in [4.69, 9.17) is 10.2 Å². The van der Waals surface area contributed by atoms with Crippen molar-refractivity contribution >= 4 is 27.6 Å². The lowest BCUT2D eigenvalue weighted by molar-refractivity contribution is 0.511. The largest absolute Gasteiger partial charge is 0.406 e. The number of hydrogen-bond acceptors (Lipinski definition) is 5. The van der Waals surface area contributed by atoms with Crippen molar-refractivity contribution in [3.05, 3.63) is 33.6 Å². The first-order valence-electron chi connectivity index (χ1n) is 5.16. The van der Waals surface area contributed by atoms with Crippen LogP contribution in [0.25, 0.3) is 0 Å². The Morgan fingerprint density at radius 3 is 2.47 bits per heavy atom. The van der Waals surface area contributed by atoms with E-state index in [2.05, 4.69) is 31.4 Å². The van der Waals surface area contributed by atoms with Crippen LogP contribution in [0.1, 0.15) is 17.0 Å². The maximum absolute atomic E-state index is 5.39. The van der Waals surface area contributed by atoms with Crippen LogP contribution in [0, 0.1) is 13.8 Å². The second-order valence-electron chi connectivity index (χ2n) is 3.75. The Labute approximate surface area is 108 Å². The fourth-order valence-electron chi connectivity index (χ4n) is 1.53. The van der Waals surface area contributed by atoms with Gasteiger partial charge in [0.1, 0.15) is 0 Å². The van der Waals surface area contributed by atoms with Gasteiger partial charge in [0.25, 0.3) is 0 Å². The number of aromatic nitrogens is 2. The Morgan fingerprint density at radius 1 is 1.29 bits per heavy atom. The topological polar surface area (TPSA) is 77.0 Å². The zero-order valence-corrected chi connectivity index (χ0v) is 11.2. The molecule has 0 fully saturated rings. The summed E-state index contributed by atoms with van der Waals surface area (Å²) in [5.74, 6) is 0.415. The quantitative estimate of drug-likeness (QED) is 0.910. The second kappa shape index (κ2) is 4.85. The van der Waals surface area contributed by atoms with Crippen molar-refractivity contribution < 1.29 is 4.42 Å². The smallest absolute Gasteiger partial charge is 0.320 e. The van der Waals surface area contributed by atoms with Gasteiger partial charge in [-0.05, 0) is 37.1 Å². The summed E-state index contributed by atoms with van der Waals surface area (Å²) in [6, 6.07) is 4.36. The first kappa shape index (κ1) is 12.1. The van der Waals surface area contributed by atoms with Gasteiger partial charge >= 0.3 is 6.01 Å². The summed E-state index contributed by atoms with van der Waals surface area (Å²) in [5.41, 5.74) is 8.60. The van der Waals surface area contributed by atoms with Crippen molar-refractivity contribution in [1.29, 1.82) is 0 Å². The minimum absolute atomic E-state index is 0.243.